The molecule has 0 saturated heterocycles. The van der Waals surface area contributed by atoms with E-state index in [1.54, 1.807) is 0 Å². The third-order valence-corrected chi connectivity index (χ3v) is 2.76. The minimum absolute atomic E-state index is 0.449. The molecule has 13 heavy (non-hydrogen) atoms. The molecule has 1 aliphatic rings. The molecule has 0 unspecified atom stereocenters. The fourth-order valence-corrected chi connectivity index (χ4v) is 1.53. The molecule has 0 aromatic heterocycles. The van der Waals surface area contributed by atoms with Crippen LogP contribution in [0.1, 0.15) is 39.2 Å². The van der Waals surface area contributed by atoms with Crippen molar-refractivity contribution in [3.63, 3.8) is 0 Å². The van der Waals surface area contributed by atoms with E-state index < -0.39 is 0 Å². The van der Waals surface area contributed by atoms with Crippen molar-refractivity contribution in [2.45, 2.75) is 39.0 Å². The van der Waals surface area contributed by atoms with Crippen LogP contribution in [-0.4, -0.2) is 0 Å². The van der Waals surface area contributed by atoms with Crippen LogP contribution in [0.3, 0.4) is 0 Å². The van der Waals surface area contributed by atoms with Gasteiger partial charge in [0.2, 0.25) is 0 Å². The average molecular weight is 197 g/mol. The maximum Gasteiger partial charge on any atom is 0.0408 e. The van der Waals surface area contributed by atoms with Gasteiger partial charge in [0.25, 0.3) is 0 Å². The Bertz CT molecular complexity index is 274. The molecule has 0 amide bonds. The van der Waals surface area contributed by atoms with E-state index in [1.165, 1.54) is 18.4 Å². The largest absolute Gasteiger partial charge is 0.0843 e. The molecule has 0 bridgehead atoms. The topological polar surface area (TPSA) is 0 Å². The zero-order chi connectivity index (χ0) is 9.90. The Hall–Kier alpha value is -0.490. The van der Waals surface area contributed by atoms with E-state index in [2.05, 4.69) is 19.1 Å². The lowest BCUT2D eigenvalue weighted by Crippen LogP contribution is -1.98. The molecule has 0 spiro atoms. The van der Waals surface area contributed by atoms with Crippen LogP contribution in [0.2, 0.25) is 5.02 Å². The Morgan fingerprint density at radius 1 is 1.23 bits per heavy atom. The number of rotatable bonds is 1. The summed E-state index contributed by atoms with van der Waals surface area (Å²) < 4.78 is 0. The number of hydrogen-bond acceptors (Lipinski definition) is 0. The van der Waals surface area contributed by atoms with Gasteiger partial charge < -0.3 is 0 Å². The van der Waals surface area contributed by atoms with Crippen LogP contribution in [0, 0.1) is 0 Å². The summed E-state index contributed by atoms with van der Waals surface area (Å²) in [5.41, 5.74) is 1.84. The Morgan fingerprint density at radius 3 is 2.31 bits per heavy atom. The summed E-state index contributed by atoms with van der Waals surface area (Å²) in [7, 11) is 0. The van der Waals surface area contributed by atoms with Gasteiger partial charge >= 0.3 is 0 Å². The van der Waals surface area contributed by atoms with Gasteiger partial charge in [0.1, 0.15) is 0 Å². The molecule has 0 aliphatic heterocycles. The minimum atomic E-state index is 0.449. The summed E-state index contributed by atoms with van der Waals surface area (Å²) in [6.07, 6.45) is 2.63. The zero-order valence-corrected chi connectivity index (χ0v) is 9.36. The zero-order valence-electron chi connectivity index (χ0n) is 8.60. The van der Waals surface area contributed by atoms with Gasteiger partial charge in [-0.1, -0.05) is 44.5 Å². The first-order valence-electron chi connectivity index (χ1n) is 4.97. The average Bonchev–Trinajstić information content (AvgIpc) is 2.89. The molecule has 0 N–H and O–H groups in total. The van der Waals surface area contributed by atoms with Gasteiger partial charge in [-0.05, 0) is 36.0 Å². The SMILES string of the molecule is CC.CC1(c2cccc(Cl)c2)CC1. The predicted octanol–water partition coefficient (Wildman–Crippen LogP) is 4.42. The normalized spacial score (nSPS) is 17.2. The van der Waals surface area contributed by atoms with E-state index in [-0.39, 0.29) is 0 Å². The van der Waals surface area contributed by atoms with E-state index in [1.807, 2.05) is 26.0 Å². The van der Waals surface area contributed by atoms with E-state index >= 15 is 0 Å². The van der Waals surface area contributed by atoms with Gasteiger partial charge in [0.15, 0.2) is 0 Å². The second-order valence-corrected chi connectivity index (χ2v) is 4.01. The smallest absolute Gasteiger partial charge is 0.0408 e. The maximum absolute atomic E-state index is 5.88. The van der Waals surface area contributed by atoms with Crippen LogP contribution >= 0.6 is 11.6 Å². The van der Waals surface area contributed by atoms with E-state index in [0.29, 0.717) is 5.41 Å². The summed E-state index contributed by atoms with van der Waals surface area (Å²) >= 11 is 5.88. The van der Waals surface area contributed by atoms with Gasteiger partial charge in [-0.3, -0.25) is 0 Å². The van der Waals surface area contributed by atoms with Crippen LogP contribution in [0.15, 0.2) is 24.3 Å². The Balaban J connectivity index is 0.000000396. The summed E-state index contributed by atoms with van der Waals surface area (Å²) in [5, 5.41) is 0.857. The van der Waals surface area contributed by atoms with E-state index in [4.69, 9.17) is 11.6 Å². The quantitative estimate of drug-likeness (QED) is 0.624. The lowest BCUT2D eigenvalue weighted by Gasteiger charge is -2.07. The molecule has 0 radical (unpaired) electrons. The lowest BCUT2D eigenvalue weighted by atomic mass is 9.99. The first-order valence-corrected chi connectivity index (χ1v) is 5.35. The van der Waals surface area contributed by atoms with Crippen LogP contribution in [0.5, 0.6) is 0 Å². The Labute approximate surface area is 85.9 Å². The second kappa shape index (κ2) is 4.15. The standard InChI is InChI=1S/C10H11Cl.C2H6/c1-10(5-6-10)8-3-2-4-9(11)7-8;1-2/h2-4,7H,5-6H2,1H3;1-2H3. The van der Waals surface area contributed by atoms with E-state index in [9.17, 15) is 0 Å². The monoisotopic (exact) mass is 196 g/mol. The van der Waals surface area contributed by atoms with Crippen LogP contribution in [0.25, 0.3) is 0 Å². The fraction of sp³-hybridized carbons (Fsp3) is 0.500. The summed E-state index contributed by atoms with van der Waals surface area (Å²) in [5.74, 6) is 0. The van der Waals surface area contributed by atoms with Gasteiger partial charge in [-0.25, -0.2) is 0 Å². The van der Waals surface area contributed by atoms with Crippen molar-refractivity contribution in [3.8, 4) is 0 Å². The highest BCUT2D eigenvalue weighted by atomic mass is 35.5. The number of hydrogen-bond donors (Lipinski definition) is 0. The Kier molecular flexibility index (Phi) is 3.38. The highest BCUT2D eigenvalue weighted by Gasteiger charge is 2.38. The van der Waals surface area contributed by atoms with Crippen molar-refractivity contribution in [2.75, 3.05) is 0 Å². The third kappa shape index (κ3) is 2.47. The molecule has 1 aromatic rings. The Morgan fingerprint density at radius 2 is 1.85 bits per heavy atom. The first-order chi connectivity index (χ1) is 6.21. The third-order valence-electron chi connectivity index (χ3n) is 2.52. The number of halogens is 1. The molecular formula is C12H17Cl. The molecule has 1 heteroatoms. The predicted molar refractivity (Wildman–Crippen MR) is 59.4 cm³/mol. The fourth-order valence-electron chi connectivity index (χ4n) is 1.34. The summed E-state index contributed by atoms with van der Waals surface area (Å²) in [6.45, 7) is 6.29. The van der Waals surface area contributed by atoms with Gasteiger partial charge in [-0.15, -0.1) is 0 Å². The van der Waals surface area contributed by atoms with Crippen molar-refractivity contribution in [2.24, 2.45) is 0 Å². The highest BCUT2D eigenvalue weighted by Crippen LogP contribution is 2.47. The second-order valence-electron chi connectivity index (χ2n) is 3.57. The summed E-state index contributed by atoms with van der Waals surface area (Å²) in [6, 6.07) is 8.20. The molecule has 72 valence electrons. The van der Waals surface area contributed by atoms with Crippen molar-refractivity contribution in [1.29, 1.82) is 0 Å². The molecule has 0 heterocycles. The van der Waals surface area contributed by atoms with Gasteiger partial charge in [-0.2, -0.15) is 0 Å². The van der Waals surface area contributed by atoms with Gasteiger partial charge in [0, 0.05) is 5.02 Å². The van der Waals surface area contributed by atoms with Crippen molar-refractivity contribution in [1.82, 2.24) is 0 Å². The van der Waals surface area contributed by atoms with Crippen LogP contribution in [-0.2, 0) is 5.41 Å². The molecule has 1 aromatic carbocycles. The highest BCUT2D eigenvalue weighted by molar-refractivity contribution is 6.30. The van der Waals surface area contributed by atoms with Crippen LogP contribution in [0.4, 0.5) is 0 Å². The number of benzene rings is 1. The molecular weight excluding hydrogens is 180 g/mol. The first kappa shape index (κ1) is 10.6. The van der Waals surface area contributed by atoms with Crippen LogP contribution < -0.4 is 0 Å². The molecule has 1 saturated carbocycles. The summed E-state index contributed by atoms with van der Waals surface area (Å²) in [4.78, 5) is 0. The van der Waals surface area contributed by atoms with Crippen molar-refractivity contribution < 1.29 is 0 Å². The molecule has 0 nitrogen and oxygen atoms in total. The maximum atomic E-state index is 5.88. The lowest BCUT2D eigenvalue weighted by molar-refractivity contribution is 0.788. The molecule has 1 aliphatic carbocycles. The minimum Gasteiger partial charge on any atom is -0.0843 e. The molecule has 2 rings (SSSR count). The molecule has 1 fully saturated rings. The van der Waals surface area contributed by atoms with Gasteiger partial charge in [0.05, 0.1) is 0 Å². The molecule has 0 atom stereocenters. The van der Waals surface area contributed by atoms with Crippen molar-refractivity contribution >= 4 is 11.6 Å². The van der Waals surface area contributed by atoms with Crippen molar-refractivity contribution in [3.05, 3.63) is 34.9 Å². The van der Waals surface area contributed by atoms with E-state index in [0.717, 1.165) is 5.02 Å².